The monoisotopic (exact) mass is 365 g/mol. The van der Waals surface area contributed by atoms with Gasteiger partial charge in [-0.25, -0.2) is 4.98 Å². The summed E-state index contributed by atoms with van der Waals surface area (Å²) < 4.78 is 1.99. The number of nitro benzene ring substituents is 1. The van der Waals surface area contributed by atoms with Gasteiger partial charge in [-0.05, 0) is 17.2 Å². The van der Waals surface area contributed by atoms with E-state index in [0.717, 1.165) is 17.7 Å². The third-order valence-corrected chi connectivity index (χ3v) is 4.12. The highest BCUT2D eigenvalue weighted by Gasteiger charge is 2.15. The summed E-state index contributed by atoms with van der Waals surface area (Å²) in [5.41, 5.74) is 2.85. The molecular formula is C19H19N5O3. The second-order valence-corrected chi connectivity index (χ2v) is 5.97. The maximum Gasteiger partial charge on any atom is 0.270 e. The second-order valence-electron chi connectivity index (χ2n) is 5.97. The summed E-state index contributed by atoms with van der Waals surface area (Å²) in [5.74, 6) is -0.378. The molecule has 0 fully saturated rings. The van der Waals surface area contributed by atoms with Gasteiger partial charge in [0.2, 0.25) is 0 Å². The summed E-state index contributed by atoms with van der Waals surface area (Å²) in [5, 5.41) is 16.6. The van der Waals surface area contributed by atoms with E-state index in [0.29, 0.717) is 12.2 Å². The van der Waals surface area contributed by atoms with Crippen molar-refractivity contribution < 1.29 is 9.72 Å². The highest BCUT2D eigenvalue weighted by molar-refractivity contribution is 6.00. The number of nitro groups is 1. The van der Waals surface area contributed by atoms with Crippen LogP contribution >= 0.6 is 0 Å². The van der Waals surface area contributed by atoms with E-state index in [4.69, 9.17) is 0 Å². The normalized spacial score (nSPS) is 10.4. The molecule has 0 radical (unpaired) electrons. The molecule has 1 heterocycles. The molecule has 1 amide bonds. The first kappa shape index (κ1) is 18.1. The van der Waals surface area contributed by atoms with Crippen molar-refractivity contribution in [1.29, 1.82) is 0 Å². The Hall–Kier alpha value is -3.68. The van der Waals surface area contributed by atoms with E-state index < -0.39 is 4.92 Å². The number of amides is 1. The van der Waals surface area contributed by atoms with Crippen LogP contribution in [0, 0.1) is 10.1 Å². The Morgan fingerprint density at radius 1 is 1.19 bits per heavy atom. The lowest BCUT2D eigenvalue weighted by Crippen LogP contribution is -2.20. The lowest BCUT2D eigenvalue weighted by molar-refractivity contribution is -0.384. The van der Waals surface area contributed by atoms with Crippen molar-refractivity contribution in [1.82, 2.24) is 14.9 Å². The van der Waals surface area contributed by atoms with E-state index in [1.165, 1.54) is 19.2 Å². The fourth-order valence-corrected chi connectivity index (χ4v) is 2.67. The van der Waals surface area contributed by atoms with E-state index in [2.05, 4.69) is 15.6 Å². The number of hydrogen-bond acceptors (Lipinski definition) is 5. The zero-order valence-electron chi connectivity index (χ0n) is 14.8. The van der Waals surface area contributed by atoms with Crippen LogP contribution in [0.5, 0.6) is 0 Å². The van der Waals surface area contributed by atoms with Crippen LogP contribution in [0.2, 0.25) is 0 Å². The van der Waals surface area contributed by atoms with Crippen molar-refractivity contribution in [2.75, 3.05) is 12.4 Å². The summed E-state index contributed by atoms with van der Waals surface area (Å²) >= 11 is 0. The first-order valence-corrected chi connectivity index (χ1v) is 8.35. The van der Waals surface area contributed by atoms with Crippen molar-refractivity contribution in [2.24, 2.45) is 0 Å². The largest absolute Gasteiger partial charge is 0.380 e. The fraction of sp³-hybridized carbons (Fsp3) is 0.158. The topological polar surface area (TPSA) is 102 Å². The molecule has 3 aromatic rings. The minimum Gasteiger partial charge on any atom is -0.380 e. The van der Waals surface area contributed by atoms with Gasteiger partial charge in [-0.3, -0.25) is 14.9 Å². The Balaban J connectivity index is 1.70. The number of nitrogens with zero attached hydrogens (tertiary/aromatic N) is 3. The minimum absolute atomic E-state index is 0.122. The van der Waals surface area contributed by atoms with E-state index in [9.17, 15) is 14.9 Å². The molecule has 0 aliphatic heterocycles. The quantitative estimate of drug-likeness (QED) is 0.495. The fourth-order valence-electron chi connectivity index (χ4n) is 2.67. The Morgan fingerprint density at radius 2 is 1.93 bits per heavy atom. The average Bonchev–Trinajstić information content (AvgIpc) is 3.19. The molecule has 0 saturated carbocycles. The van der Waals surface area contributed by atoms with Crippen molar-refractivity contribution >= 4 is 17.3 Å². The third kappa shape index (κ3) is 4.49. The zero-order chi connectivity index (χ0) is 19.2. The molecule has 0 aliphatic rings. The van der Waals surface area contributed by atoms with Crippen molar-refractivity contribution in [3.05, 3.63) is 88.0 Å². The van der Waals surface area contributed by atoms with E-state index in [1.807, 2.05) is 35.0 Å². The number of nitrogens with one attached hydrogen (secondary N) is 2. The van der Waals surface area contributed by atoms with Gasteiger partial charge in [0.25, 0.3) is 11.6 Å². The van der Waals surface area contributed by atoms with Gasteiger partial charge >= 0.3 is 0 Å². The number of carbonyl (C=O) groups excluding carboxylic acids is 1. The summed E-state index contributed by atoms with van der Waals surface area (Å²) in [6.45, 7) is 1.24. The molecule has 1 aromatic heterocycles. The van der Waals surface area contributed by atoms with Crippen LogP contribution in [0.3, 0.4) is 0 Å². The maximum absolute atomic E-state index is 12.0. The molecular weight excluding hydrogens is 346 g/mol. The van der Waals surface area contributed by atoms with Crippen LogP contribution in [0.25, 0.3) is 0 Å². The lowest BCUT2D eigenvalue weighted by Gasteiger charge is -2.12. The Bertz CT molecular complexity index is 936. The SMILES string of the molecule is CNC(=O)c1cc([N+](=O)[O-])ccc1NCc1ccc(Cn2ccnc2)cc1. The predicted octanol–water partition coefficient (Wildman–Crippen LogP) is 2.81. The molecule has 0 atom stereocenters. The number of imidazole rings is 1. The molecule has 0 bridgehead atoms. The molecule has 8 heteroatoms. The number of aromatic nitrogens is 2. The molecule has 3 rings (SSSR count). The Morgan fingerprint density at radius 3 is 2.56 bits per heavy atom. The molecule has 2 N–H and O–H groups in total. The summed E-state index contributed by atoms with van der Waals surface area (Å²) in [7, 11) is 1.49. The standard InChI is InChI=1S/C19H19N5O3/c1-20-19(25)17-10-16(24(26)27)6-7-18(17)22-11-14-2-4-15(5-3-14)12-23-9-8-21-13-23/h2-10,13,22H,11-12H2,1H3,(H,20,25). The molecule has 138 valence electrons. The lowest BCUT2D eigenvalue weighted by atomic mass is 10.1. The molecule has 0 spiro atoms. The van der Waals surface area contributed by atoms with Gasteiger partial charge in [0.05, 0.1) is 16.8 Å². The van der Waals surface area contributed by atoms with Crippen LogP contribution in [0.15, 0.2) is 61.2 Å². The van der Waals surface area contributed by atoms with Gasteiger partial charge in [-0.1, -0.05) is 24.3 Å². The molecule has 0 saturated heterocycles. The van der Waals surface area contributed by atoms with Gasteiger partial charge in [-0.2, -0.15) is 0 Å². The second kappa shape index (κ2) is 8.13. The van der Waals surface area contributed by atoms with Crippen molar-refractivity contribution in [3.63, 3.8) is 0 Å². The number of rotatable bonds is 7. The summed E-state index contributed by atoms with van der Waals surface area (Å²) in [6.07, 6.45) is 5.42. The number of non-ortho nitro benzene ring substituents is 1. The first-order chi connectivity index (χ1) is 13.1. The van der Waals surface area contributed by atoms with Crippen LogP contribution in [0.4, 0.5) is 11.4 Å². The molecule has 27 heavy (non-hydrogen) atoms. The summed E-state index contributed by atoms with van der Waals surface area (Å²) in [4.78, 5) is 26.5. The Labute approximate surface area is 156 Å². The molecule has 2 aromatic carbocycles. The van der Waals surface area contributed by atoms with Gasteiger partial charge in [0.1, 0.15) is 0 Å². The van der Waals surface area contributed by atoms with Gasteiger partial charge in [-0.15, -0.1) is 0 Å². The Kier molecular flexibility index (Phi) is 5.46. The van der Waals surface area contributed by atoms with Crippen LogP contribution in [-0.4, -0.2) is 27.4 Å². The van der Waals surface area contributed by atoms with Crippen molar-refractivity contribution in [3.8, 4) is 0 Å². The van der Waals surface area contributed by atoms with E-state index >= 15 is 0 Å². The molecule has 8 nitrogen and oxygen atoms in total. The number of anilines is 1. The minimum atomic E-state index is -0.519. The zero-order valence-corrected chi connectivity index (χ0v) is 14.8. The van der Waals surface area contributed by atoms with Crippen molar-refractivity contribution in [2.45, 2.75) is 13.1 Å². The highest BCUT2D eigenvalue weighted by Crippen LogP contribution is 2.23. The smallest absolute Gasteiger partial charge is 0.270 e. The highest BCUT2D eigenvalue weighted by atomic mass is 16.6. The number of carbonyl (C=O) groups is 1. The van der Waals surface area contributed by atoms with Gasteiger partial charge < -0.3 is 15.2 Å². The van der Waals surface area contributed by atoms with E-state index in [1.54, 1.807) is 18.6 Å². The van der Waals surface area contributed by atoms with Gasteiger partial charge in [0.15, 0.2) is 0 Å². The summed E-state index contributed by atoms with van der Waals surface area (Å²) in [6, 6.07) is 12.3. The van der Waals surface area contributed by atoms with Crippen LogP contribution < -0.4 is 10.6 Å². The molecule has 0 unspecified atom stereocenters. The number of benzene rings is 2. The predicted molar refractivity (Wildman–Crippen MR) is 102 cm³/mol. The van der Waals surface area contributed by atoms with Crippen LogP contribution in [-0.2, 0) is 13.1 Å². The first-order valence-electron chi connectivity index (χ1n) is 8.35. The van der Waals surface area contributed by atoms with Gasteiger partial charge in [0, 0.05) is 50.4 Å². The maximum atomic E-state index is 12.0. The third-order valence-electron chi connectivity index (χ3n) is 4.12. The molecule has 0 aliphatic carbocycles. The average molecular weight is 365 g/mol. The van der Waals surface area contributed by atoms with E-state index in [-0.39, 0.29) is 17.2 Å². The number of hydrogen-bond donors (Lipinski definition) is 2. The van der Waals surface area contributed by atoms with Crippen LogP contribution in [0.1, 0.15) is 21.5 Å².